The van der Waals surface area contributed by atoms with Gasteiger partial charge in [-0.05, 0) is 56.2 Å². The first-order valence-corrected chi connectivity index (χ1v) is 13.8. The number of fused-ring (bicyclic) bond motifs is 2. The Labute approximate surface area is 223 Å². The van der Waals surface area contributed by atoms with Gasteiger partial charge in [0.25, 0.3) is 5.91 Å². The Hall–Kier alpha value is -2.87. The number of pyridine rings is 1. The van der Waals surface area contributed by atoms with E-state index in [9.17, 15) is 14.4 Å². The summed E-state index contributed by atoms with van der Waals surface area (Å²) >= 11 is 6.71. The smallest absolute Gasteiger partial charge is 0.410 e. The predicted octanol–water partition coefficient (Wildman–Crippen LogP) is 5.17. The number of nitrogens with zero attached hydrogens (tertiary/aromatic N) is 3. The Morgan fingerprint density at radius 1 is 1.08 bits per heavy atom. The molecule has 0 spiro atoms. The maximum atomic E-state index is 13.5. The van der Waals surface area contributed by atoms with Gasteiger partial charge in [0.05, 0.1) is 23.2 Å². The number of amides is 2. The van der Waals surface area contributed by atoms with Gasteiger partial charge >= 0.3 is 12.1 Å². The van der Waals surface area contributed by atoms with E-state index in [2.05, 4.69) is 0 Å². The topological polar surface area (TPSA) is 89.0 Å². The summed E-state index contributed by atoms with van der Waals surface area (Å²) in [6.07, 6.45) is 6.30. The molecule has 1 aromatic heterocycles. The van der Waals surface area contributed by atoms with Crippen LogP contribution in [0.1, 0.15) is 74.0 Å². The number of aromatic nitrogens is 1. The van der Waals surface area contributed by atoms with E-state index < -0.39 is 12.1 Å². The fraction of sp³-hybridized carbons (Fsp3) is 0.571. The highest BCUT2D eigenvalue weighted by atomic mass is 35.5. The Balaban J connectivity index is 1.51. The lowest BCUT2D eigenvalue weighted by atomic mass is 9.94. The molecule has 1 saturated heterocycles. The van der Waals surface area contributed by atoms with E-state index in [4.69, 9.17) is 26.1 Å². The van der Waals surface area contributed by atoms with Crippen molar-refractivity contribution in [2.24, 2.45) is 0 Å². The molecule has 1 atom stereocenters. The van der Waals surface area contributed by atoms with Gasteiger partial charge in [-0.25, -0.2) is 4.79 Å². The van der Waals surface area contributed by atoms with Gasteiger partial charge < -0.3 is 14.4 Å². The molecule has 1 aliphatic carbocycles. The quantitative estimate of drug-likeness (QED) is 0.346. The normalized spacial score (nSPS) is 17.4. The fourth-order valence-corrected chi connectivity index (χ4v) is 5.32. The van der Waals surface area contributed by atoms with Gasteiger partial charge in [-0.2, -0.15) is 0 Å². The molecule has 0 N–H and O–H groups in total. The molecule has 1 aliphatic heterocycles. The van der Waals surface area contributed by atoms with E-state index in [1.54, 1.807) is 21.9 Å². The molecule has 2 heterocycles. The van der Waals surface area contributed by atoms with E-state index in [1.807, 2.05) is 19.9 Å². The van der Waals surface area contributed by atoms with Gasteiger partial charge in [0.1, 0.15) is 6.61 Å². The van der Waals surface area contributed by atoms with Gasteiger partial charge in [-0.15, -0.1) is 0 Å². The van der Waals surface area contributed by atoms with Crippen LogP contribution in [0.15, 0.2) is 18.2 Å². The Kier molecular flexibility index (Phi) is 9.24. The maximum Gasteiger partial charge on any atom is 0.410 e. The highest BCUT2D eigenvalue weighted by Crippen LogP contribution is 2.33. The Morgan fingerprint density at radius 3 is 2.68 bits per heavy atom. The van der Waals surface area contributed by atoms with E-state index in [1.165, 1.54) is 0 Å². The van der Waals surface area contributed by atoms with Crippen molar-refractivity contribution < 1.29 is 23.9 Å². The minimum Gasteiger partial charge on any atom is -0.463 e. The maximum absolute atomic E-state index is 13.5. The third-order valence-electron chi connectivity index (χ3n) is 7.06. The molecular formula is C28H36ClN3O5. The number of halogens is 1. The van der Waals surface area contributed by atoms with E-state index >= 15 is 0 Å². The first-order chi connectivity index (χ1) is 17.9. The summed E-state index contributed by atoms with van der Waals surface area (Å²) < 4.78 is 10.8. The van der Waals surface area contributed by atoms with Crippen LogP contribution in [-0.2, 0) is 27.1 Å². The Bertz CT molecular complexity index is 1150. The van der Waals surface area contributed by atoms with E-state index in [-0.39, 0.29) is 25.0 Å². The number of piperazine rings is 1. The summed E-state index contributed by atoms with van der Waals surface area (Å²) in [6, 6.07) is 4.99. The van der Waals surface area contributed by atoms with Crippen LogP contribution in [0, 0.1) is 0 Å². The van der Waals surface area contributed by atoms with Crippen molar-refractivity contribution in [2.45, 2.75) is 71.3 Å². The highest BCUT2D eigenvalue weighted by molar-refractivity contribution is 6.36. The van der Waals surface area contributed by atoms with Gasteiger partial charge in [0.15, 0.2) is 0 Å². The number of benzene rings is 1. The average molecular weight is 530 g/mol. The van der Waals surface area contributed by atoms with Gasteiger partial charge in [0.2, 0.25) is 0 Å². The summed E-state index contributed by atoms with van der Waals surface area (Å²) in [4.78, 5) is 46.4. The molecule has 37 heavy (non-hydrogen) atoms. The number of esters is 1. The third-order valence-corrected chi connectivity index (χ3v) is 7.49. The minimum absolute atomic E-state index is 0.0203. The number of rotatable bonds is 8. The molecule has 8 nitrogen and oxygen atoms in total. The summed E-state index contributed by atoms with van der Waals surface area (Å²) in [5, 5.41) is 1.60. The largest absolute Gasteiger partial charge is 0.463 e. The van der Waals surface area contributed by atoms with Crippen LogP contribution < -0.4 is 0 Å². The number of hydrogen-bond donors (Lipinski definition) is 0. The van der Waals surface area contributed by atoms with Crippen LogP contribution in [0.3, 0.4) is 0 Å². The van der Waals surface area contributed by atoms with Gasteiger partial charge in [0, 0.05) is 42.7 Å². The predicted molar refractivity (Wildman–Crippen MR) is 142 cm³/mol. The summed E-state index contributed by atoms with van der Waals surface area (Å²) in [7, 11) is 0. The van der Waals surface area contributed by atoms with Crippen molar-refractivity contribution in [3.8, 4) is 0 Å². The monoisotopic (exact) mass is 529 g/mol. The number of aryl methyl sites for hydroxylation is 1. The van der Waals surface area contributed by atoms with Crippen LogP contribution in [0.2, 0.25) is 5.02 Å². The number of carbonyl (C=O) groups excluding carboxylic acids is 3. The molecule has 9 heteroatoms. The van der Waals surface area contributed by atoms with Gasteiger partial charge in [-0.1, -0.05) is 37.9 Å². The second-order valence-corrected chi connectivity index (χ2v) is 10.2. The van der Waals surface area contributed by atoms with Crippen LogP contribution in [0.5, 0.6) is 0 Å². The zero-order valence-electron chi connectivity index (χ0n) is 21.8. The van der Waals surface area contributed by atoms with Crippen molar-refractivity contribution in [2.75, 3.05) is 32.8 Å². The molecule has 2 aliphatic rings. The lowest BCUT2D eigenvalue weighted by Gasteiger charge is -2.40. The van der Waals surface area contributed by atoms with Crippen molar-refractivity contribution >= 4 is 40.5 Å². The second-order valence-electron chi connectivity index (χ2n) is 9.79. The summed E-state index contributed by atoms with van der Waals surface area (Å²) in [6.45, 7) is 5.20. The number of ether oxygens (including phenoxy) is 2. The summed E-state index contributed by atoms with van der Waals surface area (Å²) in [5.41, 5.74) is 3.40. The molecule has 1 aromatic carbocycles. The fourth-order valence-electron chi connectivity index (χ4n) is 4.96. The molecule has 4 rings (SSSR count). The first kappa shape index (κ1) is 27.2. The molecule has 1 fully saturated rings. The second kappa shape index (κ2) is 12.6. The minimum atomic E-state index is -0.479. The molecule has 0 bridgehead atoms. The summed E-state index contributed by atoms with van der Waals surface area (Å²) in [5.74, 6) is -0.465. The van der Waals surface area contributed by atoms with Crippen LogP contribution in [0.25, 0.3) is 10.9 Å². The Morgan fingerprint density at radius 2 is 1.89 bits per heavy atom. The molecule has 200 valence electrons. The van der Waals surface area contributed by atoms with Crippen molar-refractivity contribution in [1.29, 1.82) is 0 Å². The standard InChI is InChI=1S/C28H36ClN3O5/c1-3-5-15-36-28(35)32-14-13-31(17-20(32)18-37-25(33)8-4-2)27(34)19-11-12-22-24(16-19)30-23-10-7-6-9-21(23)26(22)29/h11-12,16,20H,3-10,13-15,17-18H2,1-2H3. The van der Waals surface area contributed by atoms with E-state index in [0.29, 0.717) is 38.1 Å². The van der Waals surface area contributed by atoms with Crippen LogP contribution in [-0.4, -0.2) is 71.6 Å². The zero-order valence-corrected chi connectivity index (χ0v) is 22.5. The molecule has 1 unspecified atom stereocenters. The first-order valence-electron chi connectivity index (χ1n) is 13.4. The number of unbranched alkanes of at least 4 members (excludes halogenated alkanes) is 1. The van der Waals surface area contributed by atoms with Crippen LogP contribution >= 0.6 is 11.6 Å². The van der Waals surface area contributed by atoms with Crippen molar-refractivity contribution in [3.63, 3.8) is 0 Å². The molecule has 2 aromatic rings. The SMILES string of the molecule is CCCCOC(=O)N1CCN(C(=O)c2ccc3c(Cl)c4c(nc3c2)CCCC4)CC1COC(=O)CCC. The lowest BCUT2D eigenvalue weighted by molar-refractivity contribution is -0.145. The highest BCUT2D eigenvalue weighted by Gasteiger charge is 2.35. The van der Waals surface area contributed by atoms with Crippen molar-refractivity contribution in [3.05, 3.63) is 40.0 Å². The van der Waals surface area contributed by atoms with Crippen LogP contribution in [0.4, 0.5) is 4.79 Å². The number of carbonyl (C=O) groups is 3. The molecule has 0 radical (unpaired) electrons. The van der Waals surface area contributed by atoms with E-state index in [0.717, 1.165) is 65.7 Å². The average Bonchev–Trinajstić information content (AvgIpc) is 2.91. The third kappa shape index (κ3) is 6.35. The lowest BCUT2D eigenvalue weighted by Crippen LogP contribution is -2.58. The molecule has 0 saturated carbocycles. The number of hydrogen-bond acceptors (Lipinski definition) is 6. The van der Waals surface area contributed by atoms with Crippen molar-refractivity contribution in [1.82, 2.24) is 14.8 Å². The zero-order chi connectivity index (χ0) is 26.4. The van der Waals surface area contributed by atoms with Gasteiger partial charge in [-0.3, -0.25) is 19.5 Å². The molecule has 2 amide bonds. The molecular weight excluding hydrogens is 494 g/mol.